The van der Waals surface area contributed by atoms with E-state index in [1.807, 2.05) is 24.3 Å². The van der Waals surface area contributed by atoms with Gasteiger partial charge in [0.05, 0.1) is 6.61 Å². The van der Waals surface area contributed by atoms with Gasteiger partial charge in [-0.15, -0.1) is 0 Å². The summed E-state index contributed by atoms with van der Waals surface area (Å²) >= 11 is 0. The van der Waals surface area contributed by atoms with Crippen molar-refractivity contribution >= 4 is 5.91 Å². The number of carbonyl (C=O) groups is 1. The summed E-state index contributed by atoms with van der Waals surface area (Å²) in [7, 11) is 1.60. The number of benzene rings is 1. The predicted molar refractivity (Wildman–Crippen MR) is 83.4 cm³/mol. The van der Waals surface area contributed by atoms with Crippen molar-refractivity contribution in [3.05, 3.63) is 29.8 Å². The first-order valence-electron chi connectivity index (χ1n) is 7.30. The summed E-state index contributed by atoms with van der Waals surface area (Å²) in [6.07, 6.45) is 0. The number of carbonyl (C=O) groups excluding carboxylic acids is 1. The molecule has 0 fully saturated rings. The molecular formula is C16H26N2O3. The number of rotatable bonds is 10. The van der Waals surface area contributed by atoms with E-state index in [9.17, 15) is 4.79 Å². The molecule has 1 aromatic carbocycles. The average Bonchev–Trinajstić information content (AvgIpc) is 2.46. The van der Waals surface area contributed by atoms with E-state index in [4.69, 9.17) is 9.47 Å². The normalized spacial score (nSPS) is 10.7. The fourth-order valence-corrected chi connectivity index (χ4v) is 1.70. The summed E-state index contributed by atoms with van der Waals surface area (Å²) in [6.45, 7) is 7.23. The predicted octanol–water partition coefficient (Wildman–Crippen LogP) is 1.57. The summed E-state index contributed by atoms with van der Waals surface area (Å²) in [5, 5.41) is 6.09. The van der Waals surface area contributed by atoms with Crippen LogP contribution in [0.5, 0.6) is 5.75 Å². The lowest BCUT2D eigenvalue weighted by molar-refractivity contribution is -0.123. The standard InChI is InChI=1S/C16H26N2O3/c1-13(2)10-17-11-14-4-6-15(7-5-14)21-12-16(19)18-8-9-20-3/h4-7,13,17H,8-12H2,1-3H3,(H,18,19). The van der Waals surface area contributed by atoms with Crippen LogP contribution in [0.1, 0.15) is 19.4 Å². The van der Waals surface area contributed by atoms with Gasteiger partial charge in [-0.25, -0.2) is 0 Å². The summed E-state index contributed by atoms with van der Waals surface area (Å²) in [5.41, 5.74) is 1.20. The van der Waals surface area contributed by atoms with Gasteiger partial charge in [-0.3, -0.25) is 4.79 Å². The van der Waals surface area contributed by atoms with Crippen molar-refractivity contribution in [2.45, 2.75) is 20.4 Å². The highest BCUT2D eigenvalue weighted by molar-refractivity contribution is 5.77. The van der Waals surface area contributed by atoms with Crippen molar-refractivity contribution in [2.24, 2.45) is 5.92 Å². The second-order valence-corrected chi connectivity index (χ2v) is 5.30. The SMILES string of the molecule is COCCNC(=O)COc1ccc(CNCC(C)C)cc1. The summed E-state index contributed by atoms with van der Waals surface area (Å²) < 4.78 is 10.3. The van der Waals surface area contributed by atoms with Crippen molar-refractivity contribution in [2.75, 3.05) is 33.4 Å². The number of amides is 1. The first-order valence-corrected chi connectivity index (χ1v) is 7.30. The first-order chi connectivity index (χ1) is 10.1. The number of methoxy groups -OCH3 is 1. The zero-order valence-electron chi connectivity index (χ0n) is 13.1. The van der Waals surface area contributed by atoms with Gasteiger partial charge in [-0.2, -0.15) is 0 Å². The van der Waals surface area contributed by atoms with Crippen molar-refractivity contribution in [3.8, 4) is 5.75 Å². The third-order valence-corrected chi connectivity index (χ3v) is 2.80. The lowest BCUT2D eigenvalue weighted by Gasteiger charge is -2.09. The topological polar surface area (TPSA) is 59.6 Å². The third kappa shape index (κ3) is 8.32. The Morgan fingerprint density at radius 3 is 2.57 bits per heavy atom. The minimum atomic E-state index is -0.144. The van der Waals surface area contributed by atoms with E-state index >= 15 is 0 Å². The maximum atomic E-state index is 11.5. The van der Waals surface area contributed by atoms with E-state index < -0.39 is 0 Å². The van der Waals surface area contributed by atoms with E-state index in [1.54, 1.807) is 7.11 Å². The van der Waals surface area contributed by atoms with Gasteiger partial charge in [-0.05, 0) is 30.2 Å². The van der Waals surface area contributed by atoms with Crippen LogP contribution in [-0.2, 0) is 16.1 Å². The minimum absolute atomic E-state index is 0.0225. The molecule has 0 spiro atoms. The van der Waals surface area contributed by atoms with Crippen LogP contribution in [0.2, 0.25) is 0 Å². The first kappa shape index (κ1) is 17.5. The molecule has 0 aliphatic carbocycles. The highest BCUT2D eigenvalue weighted by Gasteiger charge is 2.02. The molecule has 0 bridgehead atoms. The maximum absolute atomic E-state index is 11.5. The fourth-order valence-electron chi connectivity index (χ4n) is 1.70. The Balaban J connectivity index is 2.25. The molecule has 0 aromatic heterocycles. The molecule has 1 amide bonds. The van der Waals surface area contributed by atoms with Gasteiger partial charge in [0.2, 0.25) is 0 Å². The van der Waals surface area contributed by atoms with Crippen LogP contribution in [0.4, 0.5) is 0 Å². The summed E-state index contributed by atoms with van der Waals surface area (Å²) in [4.78, 5) is 11.5. The molecular weight excluding hydrogens is 268 g/mol. The van der Waals surface area contributed by atoms with Gasteiger partial charge >= 0.3 is 0 Å². The van der Waals surface area contributed by atoms with Crippen LogP contribution in [0.3, 0.4) is 0 Å². The molecule has 0 radical (unpaired) electrons. The number of ether oxygens (including phenoxy) is 2. The Morgan fingerprint density at radius 2 is 1.95 bits per heavy atom. The van der Waals surface area contributed by atoms with Crippen molar-refractivity contribution < 1.29 is 14.3 Å². The van der Waals surface area contributed by atoms with Crippen molar-refractivity contribution in [1.29, 1.82) is 0 Å². The highest BCUT2D eigenvalue weighted by Crippen LogP contribution is 2.12. The molecule has 5 heteroatoms. The van der Waals surface area contributed by atoms with E-state index in [0.29, 0.717) is 24.8 Å². The van der Waals surface area contributed by atoms with Crippen LogP contribution in [0, 0.1) is 5.92 Å². The number of nitrogens with one attached hydrogen (secondary N) is 2. The Labute approximate surface area is 127 Å². The molecule has 1 aromatic rings. The molecule has 0 atom stereocenters. The summed E-state index contributed by atoms with van der Waals surface area (Å²) in [5.74, 6) is 1.20. The Kier molecular flexibility index (Phi) is 8.47. The van der Waals surface area contributed by atoms with Crippen molar-refractivity contribution in [3.63, 3.8) is 0 Å². The molecule has 0 aliphatic heterocycles. The molecule has 118 valence electrons. The Hall–Kier alpha value is -1.59. The highest BCUT2D eigenvalue weighted by atomic mass is 16.5. The van der Waals surface area contributed by atoms with Crippen LogP contribution in [0.25, 0.3) is 0 Å². The molecule has 0 saturated carbocycles. The van der Waals surface area contributed by atoms with E-state index in [0.717, 1.165) is 13.1 Å². The molecule has 0 saturated heterocycles. The lowest BCUT2D eigenvalue weighted by Crippen LogP contribution is -2.31. The fraction of sp³-hybridized carbons (Fsp3) is 0.562. The van der Waals surface area contributed by atoms with Gasteiger partial charge in [0.1, 0.15) is 5.75 Å². The quantitative estimate of drug-likeness (QED) is 0.643. The molecule has 1 rings (SSSR count). The van der Waals surface area contributed by atoms with Gasteiger partial charge in [-0.1, -0.05) is 26.0 Å². The van der Waals surface area contributed by atoms with Crippen LogP contribution < -0.4 is 15.4 Å². The molecule has 21 heavy (non-hydrogen) atoms. The summed E-state index contributed by atoms with van der Waals surface area (Å²) in [6, 6.07) is 7.78. The molecule has 5 nitrogen and oxygen atoms in total. The van der Waals surface area contributed by atoms with E-state index in [1.165, 1.54) is 5.56 Å². The monoisotopic (exact) mass is 294 g/mol. The van der Waals surface area contributed by atoms with Crippen LogP contribution in [-0.4, -0.2) is 39.3 Å². The van der Waals surface area contributed by atoms with Crippen molar-refractivity contribution in [1.82, 2.24) is 10.6 Å². The van der Waals surface area contributed by atoms with Gasteiger partial charge in [0, 0.05) is 20.2 Å². The molecule has 0 aliphatic rings. The zero-order chi connectivity index (χ0) is 15.5. The minimum Gasteiger partial charge on any atom is -0.484 e. The third-order valence-electron chi connectivity index (χ3n) is 2.80. The smallest absolute Gasteiger partial charge is 0.258 e. The van der Waals surface area contributed by atoms with Gasteiger partial charge < -0.3 is 20.1 Å². The maximum Gasteiger partial charge on any atom is 0.258 e. The van der Waals surface area contributed by atoms with E-state index in [-0.39, 0.29) is 12.5 Å². The lowest BCUT2D eigenvalue weighted by atomic mass is 10.2. The zero-order valence-corrected chi connectivity index (χ0v) is 13.1. The van der Waals surface area contributed by atoms with Gasteiger partial charge in [0.15, 0.2) is 6.61 Å². The molecule has 0 unspecified atom stereocenters. The second-order valence-electron chi connectivity index (χ2n) is 5.30. The number of hydrogen-bond acceptors (Lipinski definition) is 4. The number of hydrogen-bond donors (Lipinski definition) is 2. The Morgan fingerprint density at radius 1 is 1.24 bits per heavy atom. The molecule has 0 heterocycles. The largest absolute Gasteiger partial charge is 0.484 e. The Bertz CT molecular complexity index is 404. The molecule has 2 N–H and O–H groups in total. The van der Waals surface area contributed by atoms with Crippen LogP contribution >= 0.6 is 0 Å². The van der Waals surface area contributed by atoms with Crippen LogP contribution in [0.15, 0.2) is 24.3 Å². The van der Waals surface area contributed by atoms with Gasteiger partial charge in [0.25, 0.3) is 5.91 Å². The van der Waals surface area contributed by atoms with E-state index in [2.05, 4.69) is 24.5 Å². The second kappa shape index (κ2) is 10.2. The average molecular weight is 294 g/mol.